The van der Waals surface area contributed by atoms with Gasteiger partial charge in [-0.25, -0.2) is 19.2 Å². The number of aliphatic hydroxyl groups is 2. The van der Waals surface area contributed by atoms with Crippen molar-refractivity contribution < 1.29 is 29.4 Å². The van der Waals surface area contributed by atoms with Gasteiger partial charge in [0.2, 0.25) is 0 Å². The van der Waals surface area contributed by atoms with E-state index in [1.165, 1.54) is 142 Å². The molecule has 10 N–H and O–H groups in total. The quantitative estimate of drug-likeness (QED) is 0.0554. The van der Waals surface area contributed by atoms with Crippen molar-refractivity contribution in [2.45, 2.75) is 238 Å². The standard InChI is InChI=1S/C23H32N4O2.C23H32N4O.C22H30N4O2.C22H30N4O/c1-4-26(2)22(28)24-15-12-23(29)17-9-6-10-18-20(17)16(11-19(23)27(3)13-15)21(25-18)14-7-5-8-14;1-4-26(2)23(28)24-15-11-17-16-9-6-10-19-21(16)18(12-20(17)27(3)13-15)22(25-19)14-7-5-8-14;1-4-25(2)21(27)23-14-11-22(28)16-6-5-7-17-19(16)15(10-18(22)26(3)12-14)20(24-17)13-8-9-13;1-4-25(2)22(27)23-14-10-16-15-6-5-7-18-20(15)17(11-19(16)26(3)12-14)21(24-18)13-8-9-13/h6,9-10,14-15,19,25,29H,4-5,7-8,11-13H2,1-3H3,(H,24,28);6,9-10,14-15,17,20,25H,4-5,7-8,11-13H2,1-3H3,(H,24,28);5-7,13-14,18,24,28H,4,8-12H2,1-3H3,(H,23,27);5-7,13-14,16,19,24H,4,8-12H2,1-3H3,(H,23,27)/t15?,19-,23?;15?,17?,20-;14?,18-,22?;14?,16?,19-/m1111/s1. The Labute approximate surface area is 661 Å². The van der Waals surface area contributed by atoms with E-state index in [1.54, 1.807) is 44.8 Å². The SMILES string of the molecule is CCN(C)C(=O)NC1CC2c3cccc4[nH]c(C5CC5)c(c34)C[C@H]2N(C)C1.CCN(C)C(=O)NC1CC2c3cccc4[nH]c(C5CCC5)c(c34)C[C@H]2N(C)C1.CCN(C)C(=O)NC1CN(C)[C@@H]2Cc3c(C4CC4)[nH]c4cccc(c34)C2(O)C1.CCN(C)C(=O)NC1CN(C)[C@@H]2Cc3c(C4CCC4)[nH]c4cccc(c34)C2(O)C1. The van der Waals surface area contributed by atoms with Gasteiger partial charge in [-0.1, -0.05) is 61.4 Å². The molecule has 4 aromatic heterocycles. The number of rotatable bonds is 12. The first-order valence-corrected chi connectivity index (χ1v) is 42.8. The van der Waals surface area contributed by atoms with Gasteiger partial charge in [0, 0.05) is 220 Å². The van der Waals surface area contributed by atoms with Crippen LogP contribution in [0.1, 0.15) is 220 Å². The first-order valence-electron chi connectivity index (χ1n) is 42.8. The summed E-state index contributed by atoms with van der Waals surface area (Å²) < 4.78 is 0. The number of carbonyl (C=O) groups excluding carboxylic acids is 4. The minimum Gasteiger partial charge on any atom is -0.383 e. The molecule has 12 aliphatic rings. The number of hydrogen-bond donors (Lipinski definition) is 10. The first kappa shape index (κ1) is 76.5. The van der Waals surface area contributed by atoms with E-state index in [0.29, 0.717) is 61.7 Å². The molecule has 112 heavy (non-hydrogen) atoms. The van der Waals surface area contributed by atoms with E-state index in [4.69, 9.17) is 0 Å². The van der Waals surface area contributed by atoms with Crippen LogP contribution in [0.4, 0.5) is 19.2 Å². The molecular weight excluding hydrogens is 1400 g/mol. The second kappa shape index (κ2) is 30.3. The van der Waals surface area contributed by atoms with Crippen molar-refractivity contribution in [3.63, 3.8) is 0 Å². The lowest BCUT2D eigenvalue weighted by molar-refractivity contribution is -0.0892. The van der Waals surface area contributed by atoms with Gasteiger partial charge in [-0.05, 0) is 238 Å². The molecule has 8 unspecified atom stereocenters. The third-order valence-corrected chi connectivity index (χ3v) is 29.3. The van der Waals surface area contributed by atoms with E-state index in [1.807, 2.05) is 47.9 Å². The van der Waals surface area contributed by atoms with Gasteiger partial charge in [0.15, 0.2) is 0 Å². The molecule has 8 aliphatic carbocycles. The van der Waals surface area contributed by atoms with Crippen molar-refractivity contribution in [1.82, 2.24) is 80.4 Å². The number of carbonyl (C=O) groups is 4. The maximum Gasteiger partial charge on any atom is 0.317 e. The highest BCUT2D eigenvalue weighted by molar-refractivity contribution is 5.94. The number of hydrogen-bond acceptors (Lipinski definition) is 10. The Morgan fingerprint density at radius 2 is 0.696 bits per heavy atom. The number of likely N-dealkylation sites (N-methyl/N-ethyl adjacent to an activating group) is 4. The van der Waals surface area contributed by atoms with E-state index in [9.17, 15) is 29.4 Å². The molecule has 4 aliphatic heterocycles. The highest BCUT2D eigenvalue weighted by Crippen LogP contribution is 2.55. The number of nitrogens with one attached hydrogen (secondary N) is 8. The number of aromatic amines is 4. The molecule has 4 saturated carbocycles. The lowest BCUT2D eigenvalue weighted by Gasteiger charge is -2.51. The largest absolute Gasteiger partial charge is 0.383 e. The molecule has 0 bridgehead atoms. The Balaban J connectivity index is 0.000000108. The van der Waals surface area contributed by atoms with Crippen LogP contribution < -0.4 is 21.3 Å². The topological polar surface area (TPSA) is 246 Å². The highest BCUT2D eigenvalue weighted by atomic mass is 16.3. The number of fused-ring (bicyclic) bond motifs is 8. The van der Waals surface area contributed by atoms with Crippen LogP contribution in [0.2, 0.25) is 0 Å². The van der Waals surface area contributed by atoms with Crippen LogP contribution >= 0.6 is 0 Å². The van der Waals surface area contributed by atoms with Crippen molar-refractivity contribution in [3.05, 3.63) is 140 Å². The minimum absolute atomic E-state index is 0.0345. The average molecular weight is 1530 g/mol. The fourth-order valence-corrected chi connectivity index (χ4v) is 22.0. The van der Waals surface area contributed by atoms with Gasteiger partial charge in [-0.2, -0.15) is 0 Å². The number of aromatic nitrogens is 4. The number of piperidine rings is 4. The van der Waals surface area contributed by atoms with E-state index < -0.39 is 11.2 Å². The smallest absolute Gasteiger partial charge is 0.317 e. The lowest BCUT2D eigenvalue weighted by Crippen LogP contribution is -2.63. The van der Waals surface area contributed by atoms with Crippen molar-refractivity contribution in [3.8, 4) is 0 Å². The summed E-state index contributed by atoms with van der Waals surface area (Å²) in [5, 5.41) is 42.1. The molecule has 4 saturated heterocycles. The van der Waals surface area contributed by atoms with E-state index in [0.717, 1.165) is 112 Å². The maximum atomic E-state index is 12.4. The van der Waals surface area contributed by atoms with Crippen LogP contribution in [0.3, 0.4) is 0 Å². The Morgan fingerprint density at radius 3 is 1.01 bits per heavy atom. The van der Waals surface area contributed by atoms with Crippen LogP contribution in [0, 0.1) is 0 Å². The van der Waals surface area contributed by atoms with Gasteiger partial charge < -0.3 is 80.8 Å². The Morgan fingerprint density at radius 1 is 0.402 bits per heavy atom. The summed E-state index contributed by atoms with van der Waals surface area (Å²) >= 11 is 0. The van der Waals surface area contributed by atoms with Gasteiger partial charge in [0.05, 0.1) is 0 Å². The number of benzene rings is 4. The van der Waals surface area contributed by atoms with Gasteiger partial charge in [0.1, 0.15) is 11.2 Å². The van der Waals surface area contributed by atoms with Crippen molar-refractivity contribution in [2.24, 2.45) is 0 Å². The molecule has 8 aromatic rings. The number of H-pyrrole nitrogens is 4. The molecule has 8 fully saturated rings. The second-order valence-electron chi connectivity index (χ2n) is 36.2. The summed E-state index contributed by atoms with van der Waals surface area (Å²) in [6.07, 6.45) is 20.2. The first-order chi connectivity index (χ1) is 54.0. The summed E-state index contributed by atoms with van der Waals surface area (Å²) in [4.78, 5) is 80.8. The maximum absolute atomic E-state index is 12.4. The minimum atomic E-state index is -0.957. The summed E-state index contributed by atoms with van der Waals surface area (Å²) in [7, 11) is 15.9. The van der Waals surface area contributed by atoms with Crippen LogP contribution in [0.25, 0.3) is 43.6 Å². The van der Waals surface area contributed by atoms with Crippen molar-refractivity contribution >= 4 is 67.7 Å². The Kier molecular flexibility index (Phi) is 20.7. The predicted octanol–water partition coefficient (Wildman–Crippen LogP) is 12.7. The number of amides is 8. The summed E-state index contributed by atoms with van der Waals surface area (Å²) in [6, 6.07) is 27.4. The zero-order chi connectivity index (χ0) is 78.1. The van der Waals surface area contributed by atoms with Crippen molar-refractivity contribution in [1.29, 1.82) is 0 Å². The Bertz CT molecular complexity index is 4870. The molecule has 8 amide bonds. The van der Waals surface area contributed by atoms with Gasteiger partial charge >= 0.3 is 24.1 Å². The lowest BCUT2D eigenvalue weighted by atomic mass is 9.69. The fraction of sp³-hybridized carbons (Fsp3) is 0.600. The third kappa shape index (κ3) is 13.6. The zero-order valence-electron chi connectivity index (χ0n) is 68.5. The van der Waals surface area contributed by atoms with E-state index in [-0.39, 0.29) is 60.4 Å². The summed E-state index contributed by atoms with van der Waals surface area (Å²) in [6.45, 7) is 14.1. The van der Waals surface area contributed by atoms with Crippen LogP contribution in [-0.2, 0) is 36.9 Å². The van der Waals surface area contributed by atoms with E-state index >= 15 is 0 Å². The molecule has 22 heteroatoms. The van der Waals surface area contributed by atoms with Crippen LogP contribution in [-0.4, -0.2) is 251 Å². The average Bonchev–Trinajstić information content (AvgIpc) is 1.35. The fourth-order valence-electron chi connectivity index (χ4n) is 22.0. The second-order valence-corrected chi connectivity index (χ2v) is 36.2. The number of nitrogens with zero attached hydrogens (tertiary/aromatic N) is 8. The van der Waals surface area contributed by atoms with Crippen molar-refractivity contribution in [2.75, 3.05) is 109 Å². The van der Waals surface area contributed by atoms with E-state index in [2.05, 4.69) is 156 Å². The molecule has 0 spiro atoms. The van der Waals surface area contributed by atoms with Gasteiger partial charge in [0.25, 0.3) is 0 Å². The molecule has 600 valence electrons. The number of likely N-dealkylation sites (tertiary alicyclic amines) is 4. The third-order valence-electron chi connectivity index (χ3n) is 29.3. The molecule has 20 rings (SSSR count). The summed E-state index contributed by atoms with van der Waals surface area (Å²) in [5.41, 5.74) is 19.8. The molecule has 22 nitrogen and oxygen atoms in total. The normalized spacial score (nSPS) is 28.4. The molecule has 0 radical (unpaired) electrons. The summed E-state index contributed by atoms with van der Waals surface area (Å²) in [5.74, 6) is 3.76. The molecule has 4 aromatic carbocycles. The van der Waals surface area contributed by atoms with Crippen LogP contribution in [0.5, 0.6) is 0 Å². The highest BCUT2D eigenvalue weighted by Gasteiger charge is 2.54. The Hall–Kier alpha value is -8.12. The molecule has 12 atom stereocenters. The number of urea groups is 4. The van der Waals surface area contributed by atoms with Gasteiger partial charge in [-0.15, -0.1) is 0 Å². The van der Waals surface area contributed by atoms with Gasteiger partial charge in [-0.3, -0.25) is 9.80 Å². The molecular formula is C90H124N16O6. The monoisotopic (exact) mass is 1520 g/mol. The van der Waals surface area contributed by atoms with Crippen LogP contribution in [0.15, 0.2) is 72.8 Å². The predicted molar refractivity (Wildman–Crippen MR) is 445 cm³/mol. The zero-order valence-corrected chi connectivity index (χ0v) is 68.5. The molecule has 8 heterocycles.